The number of nitrogens with zero attached hydrogens (tertiary/aromatic N) is 1. The van der Waals surface area contributed by atoms with Gasteiger partial charge in [-0.25, -0.2) is 4.57 Å². The molecule has 1 N–H and O–H groups in total. The third kappa shape index (κ3) is 22.5. The number of unbranched alkanes of at least 4 members (excludes halogenated alkanes) is 11. The van der Waals surface area contributed by atoms with Crippen LogP contribution in [0, 0.1) is 0 Å². The molecule has 0 heterocycles. The van der Waals surface area contributed by atoms with Crippen LogP contribution in [-0.2, 0) is 23.1 Å². The lowest BCUT2D eigenvalue weighted by Crippen LogP contribution is -2.37. The normalized spacial score (nSPS) is 14.9. The maximum absolute atomic E-state index is 12.2. The van der Waals surface area contributed by atoms with Crippen LogP contribution in [0.5, 0.6) is 0 Å². The smallest absolute Gasteiger partial charge is 0.463 e. The Morgan fingerprint density at radius 2 is 1.39 bits per heavy atom. The summed E-state index contributed by atoms with van der Waals surface area (Å²) < 4.78 is 28.3. The molecule has 0 saturated carbocycles. The number of likely N-dealkylation sites (N-methyl/N-ethyl adjacent to an activating group) is 1. The van der Waals surface area contributed by atoms with Crippen LogP contribution in [-0.4, -0.2) is 62.4 Å². The third-order valence-electron chi connectivity index (χ3n) is 5.15. The Hall–Kier alpha value is -0.460. The van der Waals surface area contributed by atoms with E-state index in [4.69, 9.17) is 13.8 Å². The van der Waals surface area contributed by atoms with Crippen molar-refractivity contribution in [2.75, 3.05) is 40.9 Å². The molecule has 31 heavy (non-hydrogen) atoms. The Labute approximate surface area is 191 Å². The SMILES string of the molecule is CCCCCCCCCCCCCCC(COC(C)=O)OP(=O)(O)OCC[N+](C)(C)C. The molecule has 0 radical (unpaired) electrons. The zero-order valence-electron chi connectivity index (χ0n) is 20.8. The fourth-order valence-electron chi connectivity index (χ4n) is 3.24. The fourth-order valence-corrected chi connectivity index (χ4v) is 4.15. The molecule has 0 aliphatic rings. The van der Waals surface area contributed by atoms with Crippen LogP contribution in [0.15, 0.2) is 0 Å². The molecule has 8 heteroatoms. The predicted molar refractivity (Wildman–Crippen MR) is 126 cm³/mol. The van der Waals surface area contributed by atoms with Gasteiger partial charge in [-0.3, -0.25) is 13.8 Å². The lowest BCUT2D eigenvalue weighted by molar-refractivity contribution is -0.870. The molecule has 2 atom stereocenters. The van der Waals surface area contributed by atoms with Crippen LogP contribution in [0.3, 0.4) is 0 Å². The van der Waals surface area contributed by atoms with Gasteiger partial charge in [-0.2, -0.15) is 0 Å². The van der Waals surface area contributed by atoms with Crippen molar-refractivity contribution in [2.24, 2.45) is 0 Å². The van der Waals surface area contributed by atoms with E-state index in [1.165, 1.54) is 64.7 Å². The predicted octanol–water partition coefficient (Wildman–Crippen LogP) is 5.85. The summed E-state index contributed by atoms with van der Waals surface area (Å²) in [5, 5.41) is 0. The van der Waals surface area contributed by atoms with Crippen LogP contribution in [0.4, 0.5) is 0 Å². The van der Waals surface area contributed by atoms with Gasteiger partial charge in [0.25, 0.3) is 0 Å². The first-order valence-corrected chi connectivity index (χ1v) is 13.6. The van der Waals surface area contributed by atoms with E-state index in [-0.39, 0.29) is 13.2 Å². The zero-order chi connectivity index (χ0) is 23.6. The van der Waals surface area contributed by atoms with E-state index in [1.807, 2.05) is 21.1 Å². The van der Waals surface area contributed by atoms with Crippen LogP contribution < -0.4 is 0 Å². The second kappa shape index (κ2) is 18.0. The summed E-state index contributed by atoms with van der Waals surface area (Å²) in [6.07, 6.45) is 14.9. The van der Waals surface area contributed by atoms with E-state index in [9.17, 15) is 14.3 Å². The monoisotopic (exact) mass is 466 g/mol. The molecule has 2 unspecified atom stereocenters. The number of rotatable bonds is 21. The van der Waals surface area contributed by atoms with E-state index >= 15 is 0 Å². The van der Waals surface area contributed by atoms with Gasteiger partial charge in [-0.05, 0) is 6.42 Å². The molecule has 186 valence electrons. The minimum atomic E-state index is -4.18. The van der Waals surface area contributed by atoms with Crippen molar-refractivity contribution in [1.82, 2.24) is 0 Å². The largest absolute Gasteiger partial charge is 0.472 e. The topological polar surface area (TPSA) is 82.1 Å². The lowest BCUT2D eigenvalue weighted by Gasteiger charge is -2.25. The Morgan fingerprint density at radius 1 is 0.903 bits per heavy atom. The van der Waals surface area contributed by atoms with Gasteiger partial charge in [0.1, 0.15) is 25.9 Å². The van der Waals surface area contributed by atoms with Crippen molar-refractivity contribution >= 4 is 13.8 Å². The van der Waals surface area contributed by atoms with Gasteiger partial charge in [-0.1, -0.05) is 84.0 Å². The quantitative estimate of drug-likeness (QED) is 0.0989. The van der Waals surface area contributed by atoms with Gasteiger partial charge in [0.05, 0.1) is 21.1 Å². The second-order valence-corrected chi connectivity index (χ2v) is 10.9. The van der Waals surface area contributed by atoms with Gasteiger partial charge in [-0.15, -0.1) is 0 Å². The van der Waals surface area contributed by atoms with Crippen LogP contribution in [0.1, 0.15) is 97.3 Å². The van der Waals surface area contributed by atoms with Crippen LogP contribution >= 0.6 is 7.82 Å². The highest BCUT2D eigenvalue weighted by Crippen LogP contribution is 2.45. The first-order chi connectivity index (χ1) is 14.6. The van der Waals surface area contributed by atoms with E-state index in [0.29, 0.717) is 17.4 Å². The Morgan fingerprint density at radius 3 is 1.84 bits per heavy atom. The number of phosphoric ester groups is 1. The Kier molecular flexibility index (Phi) is 17.8. The van der Waals surface area contributed by atoms with Crippen molar-refractivity contribution in [2.45, 2.75) is 103 Å². The van der Waals surface area contributed by atoms with E-state index in [1.54, 1.807) is 0 Å². The molecule has 0 rings (SSSR count). The molecule has 7 nitrogen and oxygen atoms in total. The number of ether oxygens (including phenoxy) is 1. The summed E-state index contributed by atoms with van der Waals surface area (Å²) in [7, 11) is 1.75. The molecule has 0 bridgehead atoms. The summed E-state index contributed by atoms with van der Waals surface area (Å²) in [5.74, 6) is -0.429. The molecule has 0 spiro atoms. The molecule has 0 amide bonds. The number of phosphoric acid groups is 1. The minimum absolute atomic E-state index is 0.0311. The highest BCUT2D eigenvalue weighted by Gasteiger charge is 2.28. The summed E-state index contributed by atoms with van der Waals surface area (Å²) in [6.45, 7) is 4.24. The average molecular weight is 467 g/mol. The molecule has 0 aliphatic heterocycles. The van der Waals surface area contributed by atoms with Crippen molar-refractivity contribution in [1.29, 1.82) is 0 Å². The number of hydrogen-bond acceptors (Lipinski definition) is 5. The highest BCUT2D eigenvalue weighted by molar-refractivity contribution is 7.47. The van der Waals surface area contributed by atoms with Crippen molar-refractivity contribution < 1.29 is 32.5 Å². The number of quaternary nitrogens is 1. The summed E-state index contributed by atoms with van der Waals surface area (Å²) in [4.78, 5) is 21.1. The van der Waals surface area contributed by atoms with Crippen molar-refractivity contribution in [3.63, 3.8) is 0 Å². The summed E-state index contributed by atoms with van der Waals surface area (Å²) in [6, 6.07) is 0. The first kappa shape index (κ1) is 30.5. The molecular formula is C23H49NO6P+. The van der Waals surface area contributed by atoms with Gasteiger partial charge < -0.3 is 14.1 Å². The maximum atomic E-state index is 12.2. The third-order valence-corrected chi connectivity index (χ3v) is 6.22. The average Bonchev–Trinajstić information content (AvgIpc) is 2.65. The molecule has 0 aromatic rings. The fraction of sp³-hybridized carbons (Fsp3) is 0.957. The first-order valence-electron chi connectivity index (χ1n) is 12.2. The number of carbonyl (C=O) groups excluding carboxylic acids is 1. The Balaban J connectivity index is 4.04. The standard InChI is InChI=1S/C23H48NO6P/c1-6-7-8-9-10-11-12-13-14-15-16-17-18-23(21-28-22(2)25)30-31(26,27)29-20-19-24(3,4)5/h23H,6-21H2,1-5H3/p+1. The zero-order valence-corrected chi connectivity index (χ0v) is 21.7. The summed E-state index contributed by atoms with van der Waals surface area (Å²) >= 11 is 0. The summed E-state index contributed by atoms with van der Waals surface area (Å²) in [5.41, 5.74) is 0. The van der Waals surface area contributed by atoms with Gasteiger partial charge in [0.15, 0.2) is 0 Å². The molecule has 0 aromatic heterocycles. The molecule has 0 aliphatic carbocycles. The molecule has 0 saturated heterocycles. The highest BCUT2D eigenvalue weighted by atomic mass is 31.2. The number of hydrogen-bond donors (Lipinski definition) is 1. The molecule has 0 fully saturated rings. The van der Waals surface area contributed by atoms with E-state index in [2.05, 4.69) is 6.92 Å². The number of esters is 1. The minimum Gasteiger partial charge on any atom is -0.463 e. The van der Waals surface area contributed by atoms with Crippen molar-refractivity contribution in [3.05, 3.63) is 0 Å². The van der Waals surface area contributed by atoms with E-state index in [0.717, 1.165) is 19.3 Å². The number of carbonyl (C=O) groups is 1. The van der Waals surface area contributed by atoms with Crippen molar-refractivity contribution in [3.8, 4) is 0 Å². The second-order valence-electron chi connectivity index (χ2n) is 9.52. The maximum Gasteiger partial charge on any atom is 0.472 e. The van der Waals surface area contributed by atoms with Gasteiger partial charge in [0.2, 0.25) is 0 Å². The van der Waals surface area contributed by atoms with Crippen LogP contribution in [0.2, 0.25) is 0 Å². The van der Waals surface area contributed by atoms with E-state index < -0.39 is 19.9 Å². The van der Waals surface area contributed by atoms with Crippen LogP contribution in [0.25, 0.3) is 0 Å². The molecular weight excluding hydrogens is 417 g/mol. The van der Waals surface area contributed by atoms with Gasteiger partial charge >= 0.3 is 13.8 Å². The lowest BCUT2D eigenvalue weighted by atomic mass is 10.0. The van der Waals surface area contributed by atoms with Gasteiger partial charge in [0, 0.05) is 6.92 Å². The Bertz CT molecular complexity index is 495. The molecule has 0 aromatic carbocycles.